The van der Waals surface area contributed by atoms with Crippen molar-refractivity contribution in [3.8, 4) is 17.1 Å². The van der Waals surface area contributed by atoms with E-state index in [1.807, 2.05) is 4.90 Å². The summed E-state index contributed by atoms with van der Waals surface area (Å²) in [6.07, 6.45) is 6.63. The summed E-state index contributed by atoms with van der Waals surface area (Å²) < 4.78 is 25.0. The Kier molecular flexibility index (Phi) is 4.91. The van der Waals surface area contributed by atoms with Crippen LogP contribution >= 0.6 is 0 Å². The zero-order valence-electron chi connectivity index (χ0n) is 19.1. The molecule has 5 fully saturated rings. The molecule has 1 spiro atoms. The van der Waals surface area contributed by atoms with E-state index in [-0.39, 0.29) is 45.8 Å². The van der Waals surface area contributed by atoms with Gasteiger partial charge in [0.25, 0.3) is 5.91 Å². The number of methoxy groups -OCH3 is 1. The molecule has 2 aromatic rings. The fourth-order valence-corrected chi connectivity index (χ4v) is 5.85. The van der Waals surface area contributed by atoms with Crippen LogP contribution in [0.2, 0.25) is 0 Å². The van der Waals surface area contributed by atoms with E-state index >= 15 is 0 Å². The van der Waals surface area contributed by atoms with Crippen LogP contribution in [-0.4, -0.2) is 70.3 Å². The van der Waals surface area contributed by atoms with Crippen LogP contribution in [0.5, 0.6) is 5.88 Å². The van der Waals surface area contributed by atoms with Crippen molar-refractivity contribution in [1.82, 2.24) is 25.4 Å². The third kappa shape index (κ3) is 3.55. The van der Waals surface area contributed by atoms with Gasteiger partial charge in [0.1, 0.15) is 0 Å². The SMILES string of the molecule is COc1cc(-c2cc(C(=O)N3CCC(C(=O)NCC45COC(C4)C5)CC34CC4)n[nH]2)c(F)cn1. The van der Waals surface area contributed by atoms with Crippen molar-refractivity contribution in [2.45, 2.75) is 50.2 Å². The molecule has 1 atom stereocenters. The zero-order valence-corrected chi connectivity index (χ0v) is 19.1. The maximum absolute atomic E-state index is 14.3. The van der Waals surface area contributed by atoms with E-state index in [0.717, 1.165) is 38.5 Å². The summed E-state index contributed by atoms with van der Waals surface area (Å²) in [6.45, 7) is 1.93. The van der Waals surface area contributed by atoms with Gasteiger partial charge in [0.2, 0.25) is 11.8 Å². The highest BCUT2D eigenvalue weighted by molar-refractivity contribution is 5.94. The molecular weight excluding hydrogens is 441 g/mol. The van der Waals surface area contributed by atoms with Crippen molar-refractivity contribution in [2.24, 2.45) is 11.3 Å². The number of rotatable bonds is 6. The van der Waals surface area contributed by atoms with Crippen molar-refractivity contribution < 1.29 is 23.5 Å². The molecule has 2 saturated carbocycles. The Morgan fingerprint density at radius 2 is 2.15 bits per heavy atom. The van der Waals surface area contributed by atoms with Gasteiger partial charge >= 0.3 is 0 Å². The minimum absolute atomic E-state index is 0.0886. The Morgan fingerprint density at radius 3 is 2.85 bits per heavy atom. The number of likely N-dealkylation sites (tertiary alicyclic amines) is 1. The lowest BCUT2D eigenvalue weighted by atomic mass is 9.70. The predicted octanol–water partition coefficient (Wildman–Crippen LogP) is 2.30. The van der Waals surface area contributed by atoms with E-state index < -0.39 is 5.82 Å². The number of carbonyl (C=O) groups is 2. The Balaban J connectivity index is 1.12. The maximum atomic E-state index is 14.3. The molecule has 10 heteroatoms. The van der Waals surface area contributed by atoms with E-state index in [4.69, 9.17) is 9.47 Å². The molecule has 34 heavy (non-hydrogen) atoms. The molecule has 3 aliphatic heterocycles. The number of piperidine rings is 1. The number of halogens is 1. The van der Waals surface area contributed by atoms with E-state index in [9.17, 15) is 14.0 Å². The van der Waals surface area contributed by atoms with Gasteiger partial charge in [-0.3, -0.25) is 14.7 Å². The molecule has 7 rings (SSSR count). The largest absolute Gasteiger partial charge is 0.481 e. The molecule has 5 heterocycles. The van der Waals surface area contributed by atoms with Crippen LogP contribution in [0.4, 0.5) is 4.39 Å². The van der Waals surface area contributed by atoms with E-state index in [2.05, 4.69) is 20.5 Å². The van der Waals surface area contributed by atoms with Gasteiger partial charge in [-0.15, -0.1) is 0 Å². The van der Waals surface area contributed by atoms with Gasteiger partial charge in [0, 0.05) is 41.6 Å². The van der Waals surface area contributed by atoms with Gasteiger partial charge in [-0.25, -0.2) is 9.37 Å². The quantitative estimate of drug-likeness (QED) is 0.672. The number of pyridine rings is 1. The number of carbonyl (C=O) groups excluding carboxylic acids is 2. The summed E-state index contributed by atoms with van der Waals surface area (Å²) in [4.78, 5) is 31.9. The summed E-state index contributed by atoms with van der Waals surface area (Å²) in [5.74, 6) is -0.451. The van der Waals surface area contributed by atoms with Gasteiger partial charge in [-0.05, 0) is 44.6 Å². The number of fused-ring (bicyclic) bond motifs is 1. The number of nitrogens with one attached hydrogen (secondary N) is 2. The Bertz CT molecular complexity index is 1130. The van der Waals surface area contributed by atoms with Crippen LogP contribution in [0.1, 0.15) is 49.0 Å². The number of aromatic nitrogens is 3. The average molecular weight is 470 g/mol. The normalized spacial score (nSPS) is 28.5. The lowest BCUT2D eigenvalue weighted by Gasteiger charge is -2.40. The van der Waals surface area contributed by atoms with Crippen LogP contribution in [-0.2, 0) is 9.53 Å². The molecule has 5 aliphatic rings. The predicted molar refractivity (Wildman–Crippen MR) is 118 cm³/mol. The summed E-state index contributed by atoms with van der Waals surface area (Å²) in [6, 6.07) is 3.02. The first kappa shape index (κ1) is 21.5. The highest BCUT2D eigenvalue weighted by atomic mass is 19.1. The molecule has 2 aliphatic carbocycles. The zero-order chi connectivity index (χ0) is 23.5. The monoisotopic (exact) mass is 469 g/mol. The van der Waals surface area contributed by atoms with Gasteiger partial charge in [0.15, 0.2) is 11.5 Å². The molecule has 2 aromatic heterocycles. The average Bonchev–Trinajstić information content (AvgIpc) is 3.21. The molecule has 180 valence electrons. The number of aromatic amines is 1. The van der Waals surface area contributed by atoms with Crippen LogP contribution in [0, 0.1) is 17.2 Å². The Labute approximate surface area is 196 Å². The van der Waals surface area contributed by atoms with Crippen LogP contribution < -0.4 is 10.1 Å². The van der Waals surface area contributed by atoms with Crippen molar-refractivity contribution in [3.63, 3.8) is 0 Å². The van der Waals surface area contributed by atoms with Gasteiger partial charge in [0.05, 0.1) is 31.7 Å². The second-order valence-electron chi connectivity index (χ2n) is 10.3. The molecular formula is C24H28FN5O4. The third-order valence-corrected chi connectivity index (χ3v) is 8.05. The van der Waals surface area contributed by atoms with Crippen molar-refractivity contribution >= 4 is 11.8 Å². The first-order valence-corrected chi connectivity index (χ1v) is 11.9. The number of hydrogen-bond donors (Lipinski definition) is 2. The molecule has 1 unspecified atom stereocenters. The van der Waals surface area contributed by atoms with Crippen molar-refractivity contribution in [1.29, 1.82) is 0 Å². The van der Waals surface area contributed by atoms with Crippen LogP contribution in [0.3, 0.4) is 0 Å². The fraction of sp³-hybridized carbons (Fsp3) is 0.583. The standard InChI is InChI=1S/C24H28FN5O4/c1-33-20-6-16(17(25)11-26-20)18-7-19(29-28-18)22(32)30-5-2-14(8-24(30)3-4-24)21(31)27-12-23-9-15(10-23)34-13-23/h6-7,11,14-15H,2-5,8-10,12-13H2,1H3,(H,27,31)(H,28,29). The number of ether oxygens (including phenoxy) is 2. The Morgan fingerprint density at radius 1 is 1.32 bits per heavy atom. The van der Waals surface area contributed by atoms with Crippen LogP contribution in [0.15, 0.2) is 18.3 Å². The Hall–Kier alpha value is -3.01. The molecule has 9 nitrogen and oxygen atoms in total. The summed E-state index contributed by atoms with van der Waals surface area (Å²) in [5, 5.41) is 10.1. The van der Waals surface area contributed by atoms with Gasteiger partial charge in [-0.2, -0.15) is 5.10 Å². The van der Waals surface area contributed by atoms with Crippen molar-refractivity contribution in [3.05, 3.63) is 29.8 Å². The summed E-state index contributed by atoms with van der Waals surface area (Å²) in [7, 11) is 1.45. The maximum Gasteiger partial charge on any atom is 0.274 e. The molecule has 2 amide bonds. The molecule has 0 radical (unpaired) electrons. The highest BCUT2D eigenvalue weighted by Crippen LogP contribution is 2.51. The van der Waals surface area contributed by atoms with Crippen molar-refractivity contribution in [2.75, 3.05) is 26.8 Å². The smallest absolute Gasteiger partial charge is 0.274 e. The topological polar surface area (TPSA) is 109 Å². The van der Waals surface area contributed by atoms with E-state index in [0.29, 0.717) is 37.7 Å². The molecule has 0 aromatic carbocycles. The number of H-pyrrole nitrogens is 1. The van der Waals surface area contributed by atoms with E-state index in [1.165, 1.54) is 13.2 Å². The summed E-state index contributed by atoms with van der Waals surface area (Å²) >= 11 is 0. The highest BCUT2D eigenvalue weighted by Gasteiger charge is 2.55. The number of nitrogens with zero attached hydrogens (tertiary/aromatic N) is 3. The second kappa shape index (κ2) is 7.76. The first-order valence-electron chi connectivity index (χ1n) is 11.9. The molecule has 2 N–H and O–H groups in total. The van der Waals surface area contributed by atoms with Gasteiger partial charge in [-0.1, -0.05) is 0 Å². The number of amides is 2. The van der Waals surface area contributed by atoms with Gasteiger partial charge < -0.3 is 19.7 Å². The molecule has 3 saturated heterocycles. The minimum Gasteiger partial charge on any atom is -0.481 e. The number of hydrogen-bond acceptors (Lipinski definition) is 6. The summed E-state index contributed by atoms with van der Waals surface area (Å²) in [5.41, 5.74) is 0.718. The fourth-order valence-electron chi connectivity index (χ4n) is 5.85. The lowest BCUT2D eigenvalue weighted by Crippen LogP contribution is -2.52. The van der Waals surface area contributed by atoms with Crippen LogP contribution in [0.25, 0.3) is 11.3 Å². The van der Waals surface area contributed by atoms with E-state index in [1.54, 1.807) is 6.07 Å². The molecule has 2 bridgehead atoms. The first-order chi connectivity index (χ1) is 16.4. The second-order valence-corrected chi connectivity index (χ2v) is 10.3. The lowest BCUT2D eigenvalue weighted by molar-refractivity contribution is -0.127. The minimum atomic E-state index is -0.532. The third-order valence-electron chi connectivity index (χ3n) is 8.05.